The molecule has 0 aliphatic rings. The molecule has 0 fully saturated rings. The molecule has 0 saturated heterocycles. The second-order valence-corrected chi connectivity index (χ2v) is 3.58. The van der Waals surface area contributed by atoms with Crippen LogP contribution >= 0.6 is 0 Å². The van der Waals surface area contributed by atoms with Gasteiger partial charge in [-0.2, -0.15) is 0 Å². The molecule has 0 bridgehead atoms. The number of nitrogens with one attached hydrogen (secondary N) is 1. The monoisotopic (exact) mass is 183 g/mol. The van der Waals surface area contributed by atoms with Crippen LogP contribution < -0.4 is 5.32 Å². The molecule has 0 saturated carbocycles. The fourth-order valence-corrected chi connectivity index (χ4v) is 1.44. The van der Waals surface area contributed by atoms with Crippen LogP contribution in [0.2, 0.25) is 0 Å². The molecule has 0 rings (SSSR count). The molecule has 0 atom stereocenters. The van der Waals surface area contributed by atoms with Crippen LogP contribution in [0.5, 0.6) is 0 Å². The fraction of sp³-hybridized carbons (Fsp3) is 0.833. The Morgan fingerprint density at radius 2 is 1.54 bits per heavy atom. The summed E-state index contributed by atoms with van der Waals surface area (Å²) in [6, 6.07) is 0. The number of hydrogen-bond donors (Lipinski definition) is 1. The van der Waals surface area contributed by atoms with Crippen molar-refractivity contribution >= 4 is 0 Å². The van der Waals surface area contributed by atoms with Crippen molar-refractivity contribution in [1.29, 1.82) is 0 Å². The summed E-state index contributed by atoms with van der Waals surface area (Å²) in [6.07, 6.45) is 14.0. The zero-order valence-corrected chi connectivity index (χ0v) is 9.31. The van der Waals surface area contributed by atoms with Crippen LogP contribution in [-0.2, 0) is 0 Å². The maximum absolute atomic E-state index is 3.18. The van der Waals surface area contributed by atoms with Crippen molar-refractivity contribution in [3.05, 3.63) is 12.2 Å². The normalized spacial score (nSPS) is 11.2. The minimum atomic E-state index is 1.18. The first-order chi connectivity index (χ1) is 6.41. The molecule has 78 valence electrons. The Kier molecular flexibility index (Phi) is 11.4. The molecule has 1 heteroatoms. The van der Waals surface area contributed by atoms with Gasteiger partial charge in [-0.25, -0.2) is 0 Å². The molecule has 0 amide bonds. The molecule has 0 aromatic carbocycles. The van der Waals surface area contributed by atoms with E-state index in [0.29, 0.717) is 0 Å². The second kappa shape index (κ2) is 11.7. The molecule has 0 aromatic rings. The van der Waals surface area contributed by atoms with E-state index in [2.05, 4.69) is 24.4 Å². The highest BCUT2D eigenvalue weighted by molar-refractivity contribution is 4.76. The second-order valence-electron chi connectivity index (χ2n) is 3.58. The summed E-state index contributed by atoms with van der Waals surface area (Å²) in [5.74, 6) is 0. The van der Waals surface area contributed by atoms with Crippen LogP contribution in [-0.4, -0.2) is 13.6 Å². The lowest BCUT2D eigenvalue weighted by Crippen LogP contribution is -2.06. The highest BCUT2D eigenvalue weighted by atomic mass is 14.8. The summed E-state index contributed by atoms with van der Waals surface area (Å²) < 4.78 is 0. The molecule has 0 aromatic heterocycles. The Morgan fingerprint density at radius 3 is 2.15 bits per heavy atom. The van der Waals surface area contributed by atoms with Gasteiger partial charge in [-0.15, -0.1) is 0 Å². The molecule has 0 radical (unpaired) electrons. The average Bonchev–Trinajstić information content (AvgIpc) is 2.16. The topological polar surface area (TPSA) is 12.0 Å². The van der Waals surface area contributed by atoms with Gasteiger partial charge in [-0.05, 0) is 39.8 Å². The summed E-state index contributed by atoms with van der Waals surface area (Å²) >= 11 is 0. The molecule has 0 unspecified atom stereocenters. The maximum Gasteiger partial charge on any atom is -0.00519 e. The summed E-state index contributed by atoms with van der Waals surface area (Å²) in [4.78, 5) is 0. The predicted molar refractivity (Wildman–Crippen MR) is 61.1 cm³/mol. The van der Waals surface area contributed by atoms with Crippen molar-refractivity contribution in [3.63, 3.8) is 0 Å². The molecule has 1 N–H and O–H groups in total. The first-order valence-electron chi connectivity index (χ1n) is 5.67. The third kappa shape index (κ3) is 11.7. The number of unbranched alkanes of at least 4 members (excludes halogenated alkanes) is 6. The predicted octanol–water partition coefficient (Wildman–Crippen LogP) is 3.51. The lowest BCUT2D eigenvalue weighted by Gasteiger charge is -2.00. The molecule has 0 aliphatic carbocycles. The minimum Gasteiger partial charge on any atom is -0.320 e. The van der Waals surface area contributed by atoms with Crippen LogP contribution in [0.25, 0.3) is 0 Å². The van der Waals surface area contributed by atoms with Crippen LogP contribution in [0.1, 0.15) is 51.9 Å². The van der Waals surface area contributed by atoms with Crippen molar-refractivity contribution < 1.29 is 0 Å². The zero-order valence-electron chi connectivity index (χ0n) is 9.31. The summed E-state index contributed by atoms with van der Waals surface area (Å²) in [5, 5.41) is 3.18. The number of rotatable bonds is 9. The van der Waals surface area contributed by atoms with Gasteiger partial charge in [0, 0.05) is 0 Å². The summed E-state index contributed by atoms with van der Waals surface area (Å²) in [6.45, 7) is 3.27. The maximum atomic E-state index is 3.18. The van der Waals surface area contributed by atoms with E-state index in [1.54, 1.807) is 0 Å². The van der Waals surface area contributed by atoms with Gasteiger partial charge >= 0.3 is 0 Å². The van der Waals surface area contributed by atoms with Crippen molar-refractivity contribution in [3.8, 4) is 0 Å². The smallest absolute Gasteiger partial charge is 0.00519 e. The molecular weight excluding hydrogens is 158 g/mol. The molecular formula is C12H25N. The minimum absolute atomic E-state index is 1.18. The van der Waals surface area contributed by atoms with Gasteiger partial charge in [0.05, 0.1) is 0 Å². The first kappa shape index (κ1) is 12.7. The van der Waals surface area contributed by atoms with Gasteiger partial charge in [0.2, 0.25) is 0 Å². The Hall–Kier alpha value is -0.300. The molecule has 13 heavy (non-hydrogen) atoms. The molecule has 0 heterocycles. The standard InChI is InChI=1S/C12H25N/c1-3-4-5-6-7-8-9-10-11-12-13-2/h3-4,13H,5-12H2,1-2H3/b4-3+. The van der Waals surface area contributed by atoms with Crippen molar-refractivity contribution in [1.82, 2.24) is 5.32 Å². The van der Waals surface area contributed by atoms with E-state index in [4.69, 9.17) is 0 Å². The average molecular weight is 183 g/mol. The lowest BCUT2D eigenvalue weighted by molar-refractivity contribution is 0.584. The van der Waals surface area contributed by atoms with E-state index >= 15 is 0 Å². The molecule has 1 nitrogen and oxygen atoms in total. The first-order valence-corrected chi connectivity index (χ1v) is 5.67. The van der Waals surface area contributed by atoms with Crippen LogP contribution in [0.4, 0.5) is 0 Å². The van der Waals surface area contributed by atoms with Crippen LogP contribution in [0.15, 0.2) is 12.2 Å². The lowest BCUT2D eigenvalue weighted by atomic mass is 10.1. The Morgan fingerprint density at radius 1 is 0.923 bits per heavy atom. The van der Waals surface area contributed by atoms with Gasteiger partial charge in [0.15, 0.2) is 0 Å². The summed E-state index contributed by atoms with van der Waals surface area (Å²) in [5.41, 5.74) is 0. The van der Waals surface area contributed by atoms with Crippen LogP contribution in [0.3, 0.4) is 0 Å². The van der Waals surface area contributed by atoms with E-state index in [1.165, 1.54) is 51.5 Å². The SMILES string of the molecule is C/C=C/CCCCCCCCNC. The van der Waals surface area contributed by atoms with Crippen molar-refractivity contribution in [2.45, 2.75) is 51.9 Å². The Bertz CT molecular complexity index is 108. The Balaban J connectivity index is 2.83. The summed E-state index contributed by atoms with van der Waals surface area (Å²) in [7, 11) is 2.02. The zero-order chi connectivity index (χ0) is 9.78. The van der Waals surface area contributed by atoms with E-state index in [-0.39, 0.29) is 0 Å². The molecule has 0 spiro atoms. The van der Waals surface area contributed by atoms with Gasteiger partial charge in [0.1, 0.15) is 0 Å². The third-order valence-corrected chi connectivity index (χ3v) is 2.28. The van der Waals surface area contributed by atoms with E-state index < -0.39 is 0 Å². The highest BCUT2D eigenvalue weighted by Crippen LogP contribution is 2.06. The van der Waals surface area contributed by atoms with Crippen molar-refractivity contribution in [2.24, 2.45) is 0 Å². The molecule has 0 aliphatic heterocycles. The van der Waals surface area contributed by atoms with E-state index in [1.807, 2.05) is 7.05 Å². The van der Waals surface area contributed by atoms with Crippen molar-refractivity contribution in [2.75, 3.05) is 13.6 Å². The number of hydrogen-bond acceptors (Lipinski definition) is 1. The van der Waals surface area contributed by atoms with Gasteiger partial charge < -0.3 is 5.32 Å². The largest absolute Gasteiger partial charge is 0.320 e. The van der Waals surface area contributed by atoms with Crippen LogP contribution in [0, 0.1) is 0 Å². The van der Waals surface area contributed by atoms with E-state index in [0.717, 1.165) is 0 Å². The van der Waals surface area contributed by atoms with Gasteiger partial charge in [-0.1, -0.05) is 37.8 Å². The number of allylic oxidation sites excluding steroid dienone is 2. The van der Waals surface area contributed by atoms with Gasteiger partial charge in [0.25, 0.3) is 0 Å². The fourth-order valence-electron chi connectivity index (χ4n) is 1.44. The van der Waals surface area contributed by atoms with Gasteiger partial charge in [-0.3, -0.25) is 0 Å². The van der Waals surface area contributed by atoms with E-state index in [9.17, 15) is 0 Å². The quantitative estimate of drug-likeness (QED) is 0.426. The highest BCUT2D eigenvalue weighted by Gasteiger charge is 1.89. The Labute approximate surface area is 83.6 Å². The third-order valence-electron chi connectivity index (χ3n) is 2.28.